The van der Waals surface area contributed by atoms with E-state index >= 15 is 0 Å². The number of thiazole rings is 1. The molecule has 0 aliphatic carbocycles. The number of aliphatic hydroxyl groups is 1. The summed E-state index contributed by atoms with van der Waals surface area (Å²) in [6.07, 6.45) is 2.08. The van der Waals surface area contributed by atoms with Gasteiger partial charge in [0.05, 0.1) is 15.2 Å². The Hall–Kier alpha value is -1.99. The van der Waals surface area contributed by atoms with E-state index in [1.54, 1.807) is 16.2 Å². The summed E-state index contributed by atoms with van der Waals surface area (Å²) < 4.78 is 1.16. The number of fused-ring (bicyclic) bond motifs is 1. The standard InChI is InChI=1S/C17H20N2O4S/c20-15(19-10-8-17(23,9-11-19)16(21)22)7-3-6-14-18-12-4-1-2-5-13(12)24-14/h1-2,4-5,23H,3,6-11H2,(H,21,22). The summed E-state index contributed by atoms with van der Waals surface area (Å²) >= 11 is 1.65. The highest BCUT2D eigenvalue weighted by molar-refractivity contribution is 7.18. The van der Waals surface area contributed by atoms with Crippen molar-refractivity contribution in [2.24, 2.45) is 0 Å². The van der Waals surface area contributed by atoms with Crippen LogP contribution in [0.2, 0.25) is 0 Å². The summed E-state index contributed by atoms with van der Waals surface area (Å²) in [7, 11) is 0. The summed E-state index contributed by atoms with van der Waals surface area (Å²) in [5.74, 6) is -1.19. The number of carboxylic acid groups (broad SMARTS) is 1. The first-order valence-electron chi connectivity index (χ1n) is 8.06. The summed E-state index contributed by atoms with van der Waals surface area (Å²) in [6.45, 7) is 0.589. The number of hydrogen-bond acceptors (Lipinski definition) is 5. The fraction of sp³-hybridized carbons (Fsp3) is 0.471. The molecule has 0 radical (unpaired) electrons. The highest BCUT2D eigenvalue weighted by Gasteiger charge is 2.40. The van der Waals surface area contributed by atoms with Gasteiger partial charge >= 0.3 is 5.97 Å². The maximum absolute atomic E-state index is 12.2. The Morgan fingerprint density at radius 2 is 1.96 bits per heavy atom. The molecule has 0 spiro atoms. The molecule has 0 unspecified atom stereocenters. The molecule has 1 amide bonds. The molecule has 1 saturated heterocycles. The van der Waals surface area contributed by atoms with Crippen LogP contribution >= 0.6 is 11.3 Å². The second-order valence-corrected chi connectivity index (χ2v) is 7.26. The minimum atomic E-state index is -1.68. The van der Waals surface area contributed by atoms with Crippen LogP contribution in [0.15, 0.2) is 24.3 Å². The van der Waals surface area contributed by atoms with Gasteiger partial charge in [0, 0.05) is 32.4 Å². The number of benzene rings is 1. The van der Waals surface area contributed by atoms with Crippen LogP contribution in [0.1, 0.15) is 30.7 Å². The minimum Gasteiger partial charge on any atom is -0.479 e. The number of hydrogen-bond donors (Lipinski definition) is 2. The molecule has 6 nitrogen and oxygen atoms in total. The normalized spacial score (nSPS) is 17.1. The number of carbonyl (C=O) groups excluding carboxylic acids is 1. The summed E-state index contributed by atoms with van der Waals surface area (Å²) in [5.41, 5.74) is -0.689. The largest absolute Gasteiger partial charge is 0.479 e. The quantitative estimate of drug-likeness (QED) is 0.863. The van der Waals surface area contributed by atoms with Crippen molar-refractivity contribution in [2.75, 3.05) is 13.1 Å². The van der Waals surface area contributed by atoms with Crippen LogP contribution in [0.3, 0.4) is 0 Å². The Balaban J connectivity index is 1.47. The van der Waals surface area contributed by atoms with E-state index in [-0.39, 0.29) is 18.7 Å². The molecule has 1 fully saturated rings. The van der Waals surface area contributed by atoms with E-state index in [0.717, 1.165) is 28.1 Å². The average Bonchev–Trinajstić information content (AvgIpc) is 2.98. The SMILES string of the molecule is O=C(CCCc1nc2ccccc2s1)N1CCC(O)(C(=O)O)CC1. The van der Waals surface area contributed by atoms with E-state index in [9.17, 15) is 14.7 Å². The van der Waals surface area contributed by atoms with Crippen molar-refractivity contribution in [1.29, 1.82) is 0 Å². The van der Waals surface area contributed by atoms with Crippen molar-refractivity contribution in [3.63, 3.8) is 0 Å². The van der Waals surface area contributed by atoms with Crippen molar-refractivity contribution in [3.8, 4) is 0 Å². The number of aliphatic carboxylic acids is 1. The van der Waals surface area contributed by atoms with E-state index in [0.29, 0.717) is 19.5 Å². The van der Waals surface area contributed by atoms with Crippen LogP contribution in [0, 0.1) is 0 Å². The van der Waals surface area contributed by atoms with Gasteiger partial charge in [0.2, 0.25) is 5.91 Å². The monoisotopic (exact) mass is 348 g/mol. The van der Waals surface area contributed by atoms with Crippen LogP contribution < -0.4 is 0 Å². The highest BCUT2D eigenvalue weighted by atomic mass is 32.1. The van der Waals surface area contributed by atoms with Crippen LogP contribution in [0.5, 0.6) is 0 Å². The van der Waals surface area contributed by atoms with Gasteiger partial charge < -0.3 is 15.1 Å². The number of likely N-dealkylation sites (tertiary alicyclic amines) is 1. The van der Waals surface area contributed by atoms with E-state index < -0.39 is 11.6 Å². The number of carboxylic acids is 1. The molecule has 2 aromatic rings. The van der Waals surface area contributed by atoms with Crippen LogP contribution in [0.25, 0.3) is 10.2 Å². The molecule has 0 bridgehead atoms. The summed E-state index contributed by atoms with van der Waals surface area (Å²) in [6, 6.07) is 7.98. The molecule has 1 aromatic heterocycles. The van der Waals surface area contributed by atoms with Crippen LogP contribution in [0.4, 0.5) is 0 Å². The second kappa shape index (κ2) is 6.86. The van der Waals surface area contributed by atoms with Gasteiger partial charge in [-0.05, 0) is 25.0 Å². The molecule has 2 heterocycles. The first kappa shape index (κ1) is 16.9. The average molecular weight is 348 g/mol. The first-order chi connectivity index (χ1) is 11.5. The molecule has 2 N–H and O–H groups in total. The fourth-order valence-electron chi connectivity index (χ4n) is 2.92. The lowest BCUT2D eigenvalue weighted by Crippen LogP contribution is -2.50. The number of para-hydroxylation sites is 1. The second-order valence-electron chi connectivity index (χ2n) is 6.15. The Morgan fingerprint density at radius 1 is 1.25 bits per heavy atom. The predicted molar refractivity (Wildman–Crippen MR) is 91.0 cm³/mol. The van der Waals surface area contributed by atoms with Gasteiger partial charge in [-0.25, -0.2) is 9.78 Å². The third-order valence-corrected chi connectivity index (χ3v) is 5.56. The van der Waals surface area contributed by atoms with Gasteiger partial charge in [0.15, 0.2) is 5.60 Å². The third-order valence-electron chi connectivity index (χ3n) is 4.46. The van der Waals surface area contributed by atoms with Crippen molar-refractivity contribution in [2.45, 2.75) is 37.7 Å². The number of piperidine rings is 1. The number of aryl methyl sites for hydroxylation is 1. The minimum absolute atomic E-state index is 0.0172. The molecule has 0 saturated carbocycles. The smallest absolute Gasteiger partial charge is 0.335 e. The zero-order chi connectivity index (χ0) is 17.2. The van der Waals surface area contributed by atoms with Gasteiger partial charge in [0.1, 0.15) is 0 Å². The van der Waals surface area contributed by atoms with Gasteiger partial charge in [-0.3, -0.25) is 4.79 Å². The number of rotatable bonds is 5. The fourth-order valence-corrected chi connectivity index (χ4v) is 3.92. The lowest BCUT2D eigenvalue weighted by Gasteiger charge is -2.35. The molecule has 1 aromatic carbocycles. The van der Waals surface area contributed by atoms with Crippen LogP contribution in [-0.2, 0) is 16.0 Å². The van der Waals surface area contributed by atoms with Gasteiger partial charge in [0.25, 0.3) is 0 Å². The lowest BCUT2D eigenvalue weighted by atomic mass is 9.91. The third kappa shape index (κ3) is 3.57. The number of nitrogens with zero attached hydrogens (tertiary/aromatic N) is 2. The molecule has 1 aliphatic heterocycles. The van der Waals surface area contributed by atoms with Gasteiger partial charge in [-0.15, -0.1) is 11.3 Å². The van der Waals surface area contributed by atoms with Crippen LogP contribution in [-0.4, -0.2) is 50.7 Å². The lowest BCUT2D eigenvalue weighted by molar-refractivity contribution is -0.165. The van der Waals surface area contributed by atoms with Crippen molar-refractivity contribution < 1.29 is 19.8 Å². The molecular weight excluding hydrogens is 328 g/mol. The zero-order valence-electron chi connectivity index (χ0n) is 13.3. The molecule has 1 aliphatic rings. The topological polar surface area (TPSA) is 90.7 Å². The Kier molecular flexibility index (Phi) is 4.82. The molecule has 3 rings (SSSR count). The van der Waals surface area contributed by atoms with E-state index in [1.807, 2.05) is 24.3 Å². The molecule has 128 valence electrons. The zero-order valence-corrected chi connectivity index (χ0v) is 14.1. The molecule has 24 heavy (non-hydrogen) atoms. The maximum Gasteiger partial charge on any atom is 0.335 e. The molecular formula is C17H20N2O4S. The van der Waals surface area contributed by atoms with E-state index in [4.69, 9.17) is 5.11 Å². The summed E-state index contributed by atoms with van der Waals surface area (Å²) in [4.78, 5) is 29.4. The van der Waals surface area contributed by atoms with Gasteiger partial charge in [-0.1, -0.05) is 12.1 Å². The van der Waals surface area contributed by atoms with Gasteiger partial charge in [-0.2, -0.15) is 0 Å². The Bertz CT molecular complexity index is 717. The van der Waals surface area contributed by atoms with E-state index in [1.165, 1.54) is 0 Å². The van der Waals surface area contributed by atoms with Crippen molar-refractivity contribution >= 4 is 33.4 Å². The number of carbonyl (C=O) groups is 2. The highest BCUT2D eigenvalue weighted by Crippen LogP contribution is 2.24. The van der Waals surface area contributed by atoms with Crippen molar-refractivity contribution in [3.05, 3.63) is 29.3 Å². The Labute approximate surface area is 143 Å². The summed E-state index contributed by atoms with van der Waals surface area (Å²) in [5, 5.41) is 19.9. The number of amides is 1. The Morgan fingerprint density at radius 3 is 2.62 bits per heavy atom. The first-order valence-corrected chi connectivity index (χ1v) is 8.88. The van der Waals surface area contributed by atoms with E-state index in [2.05, 4.69) is 4.98 Å². The van der Waals surface area contributed by atoms with Crippen molar-refractivity contribution in [1.82, 2.24) is 9.88 Å². The maximum atomic E-state index is 12.2. The predicted octanol–water partition coefficient (Wildman–Crippen LogP) is 2.06. The number of aromatic nitrogens is 1. The molecule has 7 heteroatoms. The molecule has 0 atom stereocenters.